The van der Waals surface area contributed by atoms with E-state index in [1.54, 1.807) is 6.92 Å². The van der Waals surface area contributed by atoms with Crippen molar-refractivity contribution in [1.82, 2.24) is 0 Å². The molecule has 5 nitrogen and oxygen atoms in total. The summed E-state index contributed by atoms with van der Waals surface area (Å²) in [4.78, 5) is 23.6. The summed E-state index contributed by atoms with van der Waals surface area (Å²) < 4.78 is 16.4. The van der Waals surface area contributed by atoms with Crippen LogP contribution in [0.5, 0.6) is 0 Å². The number of aldehydes is 1. The van der Waals surface area contributed by atoms with Crippen molar-refractivity contribution in [3.8, 4) is 24.2 Å². The van der Waals surface area contributed by atoms with Crippen molar-refractivity contribution in [3.63, 3.8) is 0 Å². The summed E-state index contributed by atoms with van der Waals surface area (Å²) in [5.74, 6) is 6.75. The molecule has 1 spiro atoms. The Hall–Kier alpha value is -2.60. The number of carbonyl (C=O) groups is 2. The molecule has 25 heavy (non-hydrogen) atoms. The predicted molar refractivity (Wildman–Crippen MR) is 92.0 cm³/mol. The first kappa shape index (κ1) is 18.7. The summed E-state index contributed by atoms with van der Waals surface area (Å²) in [6.07, 6.45) is 10.5. The van der Waals surface area contributed by atoms with Crippen LogP contribution in [0.3, 0.4) is 0 Å². The maximum Gasteiger partial charge on any atom is 0.330 e. The highest BCUT2D eigenvalue weighted by atomic mass is 16.7. The fourth-order valence-electron chi connectivity index (χ4n) is 3.14. The largest absolute Gasteiger partial charge is 0.466 e. The molecule has 1 fully saturated rings. The number of terminal acetylenes is 1. The first-order valence-electron chi connectivity index (χ1n) is 7.81. The van der Waals surface area contributed by atoms with Crippen molar-refractivity contribution in [2.24, 2.45) is 5.41 Å². The molecule has 130 valence electrons. The van der Waals surface area contributed by atoms with Crippen LogP contribution in [0.15, 0.2) is 34.9 Å². The minimum Gasteiger partial charge on any atom is -0.466 e. The van der Waals surface area contributed by atoms with E-state index in [4.69, 9.17) is 20.6 Å². The highest BCUT2D eigenvalue weighted by molar-refractivity contribution is 5.91. The molecule has 0 aromatic rings. The monoisotopic (exact) mass is 340 g/mol. The minimum atomic E-state index is -1.01. The molecule has 0 N–H and O–H groups in total. The van der Waals surface area contributed by atoms with E-state index in [2.05, 4.69) is 17.8 Å². The molecule has 2 rings (SSSR count). The predicted octanol–water partition coefficient (Wildman–Crippen LogP) is 1.95. The Balaban J connectivity index is 2.65. The number of hydrogen-bond donors (Lipinski definition) is 0. The van der Waals surface area contributed by atoms with Gasteiger partial charge in [-0.15, -0.1) is 6.42 Å². The van der Waals surface area contributed by atoms with Crippen LogP contribution >= 0.6 is 0 Å². The first-order chi connectivity index (χ1) is 11.9. The second kappa shape index (κ2) is 7.53. The van der Waals surface area contributed by atoms with Gasteiger partial charge in [0, 0.05) is 18.1 Å². The number of esters is 1. The Bertz CT molecular complexity index is 760. The van der Waals surface area contributed by atoms with Gasteiger partial charge in [-0.05, 0) is 37.1 Å². The fraction of sp³-hybridized carbons (Fsp3) is 0.400. The van der Waals surface area contributed by atoms with Gasteiger partial charge in [0.15, 0.2) is 12.1 Å². The van der Waals surface area contributed by atoms with E-state index in [9.17, 15) is 9.59 Å². The Labute approximate surface area is 147 Å². The number of carbonyl (C=O) groups excluding carboxylic acids is 2. The number of allylic oxidation sites excluding steroid dienone is 4. The van der Waals surface area contributed by atoms with Crippen LogP contribution in [-0.4, -0.2) is 38.4 Å². The molecule has 0 bridgehead atoms. The van der Waals surface area contributed by atoms with E-state index in [-0.39, 0.29) is 0 Å². The molecule has 1 aliphatic carbocycles. The fourth-order valence-corrected chi connectivity index (χ4v) is 3.14. The summed E-state index contributed by atoms with van der Waals surface area (Å²) in [5.41, 5.74) is 0.607. The lowest BCUT2D eigenvalue weighted by Gasteiger charge is -2.42. The normalized spacial score (nSPS) is 26.4. The Morgan fingerprint density at radius 3 is 2.56 bits per heavy atom. The maximum absolute atomic E-state index is 11.8. The van der Waals surface area contributed by atoms with E-state index in [0.29, 0.717) is 42.6 Å². The van der Waals surface area contributed by atoms with Gasteiger partial charge in [-0.3, -0.25) is 4.79 Å². The molecule has 2 aliphatic rings. The summed E-state index contributed by atoms with van der Waals surface area (Å²) >= 11 is 0. The van der Waals surface area contributed by atoms with Gasteiger partial charge < -0.3 is 14.2 Å². The zero-order valence-corrected chi connectivity index (χ0v) is 14.5. The van der Waals surface area contributed by atoms with Gasteiger partial charge in [-0.25, -0.2) is 4.79 Å². The van der Waals surface area contributed by atoms with Crippen LogP contribution in [-0.2, 0) is 23.8 Å². The molecule has 0 radical (unpaired) electrons. The van der Waals surface area contributed by atoms with E-state index >= 15 is 0 Å². The highest BCUT2D eigenvalue weighted by Crippen LogP contribution is 2.50. The van der Waals surface area contributed by atoms with Gasteiger partial charge in [-0.1, -0.05) is 17.8 Å². The number of ether oxygens (including phenoxy) is 3. The van der Waals surface area contributed by atoms with Crippen molar-refractivity contribution < 1.29 is 23.8 Å². The van der Waals surface area contributed by atoms with Crippen LogP contribution in [0, 0.1) is 29.6 Å². The topological polar surface area (TPSA) is 61.8 Å². The lowest BCUT2D eigenvalue weighted by Crippen LogP contribution is -2.44. The average molecular weight is 340 g/mol. The van der Waals surface area contributed by atoms with E-state index in [0.717, 1.165) is 0 Å². The molecule has 0 saturated carbocycles. The molecule has 0 amide bonds. The Kier molecular flexibility index (Phi) is 5.64. The summed E-state index contributed by atoms with van der Waals surface area (Å²) in [6, 6.07) is 0. The van der Waals surface area contributed by atoms with Gasteiger partial charge in [0.1, 0.15) is 0 Å². The summed E-state index contributed by atoms with van der Waals surface area (Å²) in [5, 5.41) is 0. The zero-order chi connectivity index (χ0) is 18.5. The molecule has 1 aliphatic heterocycles. The van der Waals surface area contributed by atoms with Gasteiger partial charge in [0.05, 0.1) is 25.7 Å². The Morgan fingerprint density at radius 2 is 2.00 bits per heavy atom. The lowest BCUT2D eigenvalue weighted by molar-refractivity contribution is -0.146. The van der Waals surface area contributed by atoms with Gasteiger partial charge in [0.2, 0.25) is 0 Å². The van der Waals surface area contributed by atoms with E-state index in [1.165, 1.54) is 25.3 Å². The lowest BCUT2D eigenvalue weighted by atomic mass is 9.67. The molecule has 1 atom stereocenters. The molecule has 1 heterocycles. The molecular weight excluding hydrogens is 320 g/mol. The quantitative estimate of drug-likeness (QED) is 0.333. The second-order valence-electron chi connectivity index (χ2n) is 5.97. The van der Waals surface area contributed by atoms with Crippen LogP contribution in [0.25, 0.3) is 0 Å². The smallest absolute Gasteiger partial charge is 0.330 e. The molecule has 0 unspecified atom stereocenters. The third-order valence-corrected chi connectivity index (χ3v) is 4.39. The zero-order valence-electron chi connectivity index (χ0n) is 14.5. The van der Waals surface area contributed by atoms with E-state index in [1.807, 2.05) is 6.92 Å². The molecule has 0 aromatic carbocycles. The summed E-state index contributed by atoms with van der Waals surface area (Å²) in [7, 11) is 1.28. The van der Waals surface area contributed by atoms with Crippen LogP contribution in [0.2, 0.25) is 0 Å². The van der Waals surface area contributed by atoms with Gasteiger partial charge in [0.25, 0.3) is 0 Å². The third-order valence-electron chi connectivity index (χ3n) is 4.39. The van der Waals surface area contributed by atoms with Crippen LogP contribution < -0.4 is 0 Å². The van der Waals surface area contributed by atoms with Crippen molar-refractivity contribution in [2.45, 2.75) is 26.1 Å². The van der Waals surface area contributed by atoms with Gasteiger partial charge >= 0.3 is 5.97 Å². The van der Waals surface area contributed by atoms with E-state index < -0.39 is 17.2 Å². The maximum atomic E-state index is 11.8. The van der Waals surface area contributed by atoms with Crippen molar-refractivity contribution in [3.05, 3.63) is 34.9 Å². The molecule has 0 aromatic heterocycles. The van der Waals surface area contributed by atoms with Crippen molar-refractivity contribution in [1.29, 1.82) is 0 Å². The Morgan fingerprint density at radius 1 is 1.32 bits per heavy atom. The number of hydrogen-bond acceptors (Lipinski definition) is 5. The third kappa shape index (κ3) is 3.58. The molecule has 1 saturated heterocycles. The van der Waals surface area contributed by atoms with Gasteiger partial charge in [-0.2, -0.15) is 0 Å². The number of methoxy groups -OCH3 is 1. The van der Waals surface area contributed by atoms with Crippen molar-refractivity contribution >= 4 is 12.3 Å². The standard InChI is InChI=1S/C20H20O5/c1-5-6-7-8-9-19(3)14-20(24-10-11-25-20)15(2)16(13-21)17(19)12-18(22)23-4/h1,6-7,12-13H,10-11,14H2,2-4H3/b7-6-,17-12+/t19-/m1/s1. The SMILES string of the molecule is C#C/C=C\C#C[C@]1(C)CC2(OCCO2)C(C)=C(C=O)/C1=C\C(=O)OC. The first-order valence-corrected chi connectivity index (χ1v) is 7.81. The van der Waals surface area contributed by atoms with Crippen LogP contribution in [0.4, 0.5) is 0 Å². The molecule has 5 heteroatoms. The van der Waals surface area contributed by atoms with Crippen LogP contribution in [0.1, 0.15) is 20.3 Å². The van der Waals surface area contributed by atoms with Crippen molar-refractivity contribution in [2.75, 3.05) is 20.3 Å². The minimum absolute atomic E-state index is 0.344. The highest BCUT2D eigenvalue weighted by Gasteiger charge is 2.51. The second-order valence-corrected chi connectivity index (χ2v) is 5.97. The number of rotatable bonds is 2. The average Bonchev–Trinajstić information content (AvgIpc) is 3.06. The summed E-state index contributed by atoms with van der Waals surface area (Å²) in [6.45, 7) is 4.46. The molecular formula is C20H20O5.